The molecule has 1 fully saturated rings. The molecule has 1 aliphatic rings. The topological polar surface area (TPSA) is 102 Å². The summed E-state index contributed by atoms with van der Waals surface area (Å²) in [6.45, 7) is 3.10. The maximum absolute atomic E-state index is 12.6. The lowest BCUT2D eigenvalue weighted by molar-refractivity contribution is 0.0700. The van der Waals surface area contributed by atoms with Crippen LogP contribution in [0.1, 0.15) is 58.0 Å². The van der Waals surface area contributed by atoms with Crippen LogP contribution in [0.4, 0.5) is 0 Å². The minimum Gasteiger partial charge on any atom is -0.366 e. The van der Waals surface area contributed by atoms with E-state index in [4.69, 9.17) is 15.2 Å². The van der Waals surface area contributed by atoms with Gasteiger partial charge >= 0.3 is 0 Å². The van der Waals surface area contributed by atoms with E-state index in [1.165, 1.54) is 0 Å². The Hall–Kier alpha value is -3.22. The Balaban J connectivity index is 1.54. The number of nitrogens with zero attached hydrogens (tertiary/aromatic N) is 3. The number of nitrogens with two attached hydrogens (primary N) is 1. The fourth-order valence-corrected chi connectivity index (χ4v) is 3.74. The van der Waals surface area contributed by atoms with Crippen LogP contribution in [0.15, 0.2) is 40.9 Å². The van der Waals surface area contributed by atoms with Gasteiger partial charge in [0, 0.05) is 36.9 Å². The van der Waals surface area contributed by atoms with E-state index in [2.05, 4.69) is 5.16 Å². The van der Waals surface area contributed by atoms with Crippen molar-refractivity contribution < 1.29 is 14.1 Å². The Morgan fingerprint density at radius 1 is 1.21 bits per heavy atom. The Kier molecular flexibility index (Phi) is 4.81. The zero-order valence-corrected chi connectivity index (χ0v) is 15.7. The van der Waals surface area contributed by atoms with Crippen molar-refractivity contribution in [2.24, 2.45) is 5.73 Å². The summed E-state index contributed by atoms with van der Waals surface area (Å²) in [5, 5.41) is 4.76. The summed E-state index contributed by atoms with van der Waals surface area (Å²) in [4.78, 5) is 31.1. The van der Waals surface area contributed by atoms with Crippen LogP contribution in [0.3, 0.4) is 0 Å². The Morgan fingerprint density at radius 3 is 2.64 bits per heavy atom. The van der Waals surface area contributed by atoms with Gasteiger partial charge in [-0.3, -0.25) is 14.6 Å². The van der Waals surface area contributed by atoms with Crippen LogP contribution in [0.5, 0.6) is 0 Å². The first-order chi connectivity index (χ1) is 13.6. The lowest BCUT2D eigenvalue weighted by Gasteiger charge is -2.31. The van der Waals surface area contributed by atoms with E-state index in [1.54, 1.807) is 11.0 Å². The zero-order valence-electron chi connectivity index (χ0n) is 15.7. The third-order valence-corrected chi connectivity index (χ3v) is 5.31. The predicted molar refractivity (Wildman–Crippen MR) is 104 cm³/mol. The number of aryl methyl sites for hydroxylation is 1. The van der Waals surface area contributed by atoms with Crippen LogP contribution in [-0.4, -0.2) is 39.9 Å². The van der Waals surface area contributed by atoms with E-state index in [-0.39, 0.29) is 11.8 Å². The van der Waals surface area contributed by atoms with Crippen LogP contribution in [0.2, 0.25) is 0 Å². The minimum atomic E-state index is -0.471. The third kappa shape index (κ3) is 3.35. The summed E-state index contributed by atoms with van der Waals surface area (Å²) in [6.07, 6.45) is 2.14. The molecular formula is C21H22N4O3. The van der Waals surface area contributed by atoms with Gasteiger partial charge in [0.25, 0.3) is 11.8 Å². The predicted octanol–water partition coefficient (Wildman–Crippen LogP) is 2.90. The number of fused-ring (bicyclic) bond motifs is 1. The lowest BCUT2D eigenvalue weighted by Crippen LogP contribution is -2.38. The molecule has 2 N–H and O–H groups in total. The van der Waals surface area contributed by atoms with Gasteiger partial charge in [-0.1, -0.05) is 30.3 Å². The minimum absolute atomic E-state index is 0.0830. The van der Waals surface area contributed by atoms with Crippen molar-refractivity contribution in [3.63, 3.8) is 0 Å². The first-order valence-electron chi connectivity index (χ1n) is 9.51. The Labute approximate surface area is 162 Å². The van der Waals surface area contributed by atoms with Crippen LogP contribution in [0.25, 0.3) is 10.9 Å². The molecule has 1 aromatic carbocycles. The summed E-state index contributed by atoms with van der Waals surface area (Å²) >= 11 is 0. The molecule has 3 heterocycles. The monoisotopic (exact) mass is 378 g/mol. The van der Waals surface area contributed by atoms with E-state index in [1.807, 2.05) is 37.3 Å². The van der Waals surface area contributed by atoms with Gasteiger partial charge in [0.1, 0.15) is 5.76 Å². The third-order valence-electron chi connectivity index (χ3n) is 5.31. The van der Waals surface area contributed by atoms with E-state index >= 15 is 0 Å². The molecule has 0 spiro atoms. The number of para-hydroxylation sites is 1. The molecule has 7 nitrogen and oxygen atoms in total. The van der Waals surface area contributed by atoms with Gasteiger partial charge in [0.2, 0.25) is 0 Å². The van der Waals surface area contributed by atoms with Gasteiger partial charge in [-0.15, -0.1) is 0 Å². The summed E-state index contributed by atoms with van der Waals surface area (Å²) < 4.78 is 5.14. The highest BCUT2D eigenvalue weighted by Gasteiger charge is 2.29. The van der Waals surface area contributed by atoms with Crippen molar-refractivity contribution in [3.05, 3.63) is 59.1 Å². The van der Waals surface area contributed by atoms with Gasteiger partial charge in [0.05, 0.1) is 16.8 Å². The van der Waals surface area contributed by atoms with Crippen molar-refractivity contribution in [3.8, 4) is 0 Å². The number of pyridine rings is 1. The van der Waals surface area contributed by atoms with Crippen LogP contribution in [-0.2, 0) is 6.42 Å². The quantitative estimate of drug-likeness (QED) is 0.752. The Bertz CT molecular complexity index is 1040. The normalized spacial score (nSPS) is 15.1. The molecule has 4 rings (SSSR count). The fourth-order valence-electron chi connectivity index (χ4n) is 3.74. The molecule has 144 valence electrons. The van der Waals surface area contributed by atoms with Gasteiger partial charge < -0.3 is 15.2 Å². The summed E-state index contributed by atoms with van der Waals surface area (Å²) in [5.41, 5.74) is 8.00. The first kappa shape index (κ1) is 18.2. The number of hydrogen-bond donors (Lipinski definition) is 1. The summed E-state index contributed by atoms with van der Waals surface area (Å²) in [7, 11) is 0. The number of rotatable bonds is 4. The average molecular weight is 378 g/mol. The van der Waals surface area contributed by atoms with Crippen LogP contribution >= 0.6 is 0 Å². The molecule has 0 atom stereocenters. The number of amides is 2. The number of likely N-dealkylation sites (tertiary alicyclic amines) is 1. The molecule has 2 aromatic heterocycles. The molecule has 7 heteroatoms. The van der Waals surface area contributed by atoms with E-state index < -0.39 is 5.91 Å². The van der Waals surface area contributed by atoms with Crippen molar-refractivity contribution in [2.75, 3.05) is 13.1 Å². The van der Waals surface area contributed by atoms with E-state index in [0.29, 0.717) is 36.5 Å². The van der Waals surface area contributed by atoms with Crippen molar-refractivity contribution in [2.45, 2.75) is 32.1 Å². The number of piperidine rings is 1. The largest absolute Gasteiger partial charge is 0.366 e. The summed E-state index contributed by atoms with van der Waals surface area (Å²) in [5.74, 6) is 0.189. The highest BCUT2D eigenvalue weighted by Crippen LogP contribution is 2.31. The molecule has 1 aliphatic heterocycles. The maximum Gasteiger partial charge on any atom is 0.276 e. The first-order valence-corrected chi connectivity index (χ1v) is 9.51. The number of primary amides is 1. The molecular weight excluding hydrogens is 356 g/mol. The maximum atomic E-state index is 12.6. The molecule has 3 aromatic rings. The smallest absolute Gasteiger partial charge is 0.276 e. The van der Waals surface area contributed by atoms with Crippen molar-refractivity contribution in [1.29, 1.82) is 0 Å². The van der Waals surface area contributed by atoms with Crippen molar-refractivity contribution >= 4 is 22.7 Å². The molecule has 0 aliphatic carbocycles. The standard InChI is InChI=1S/C21H22N4O3/c1-2-15-12-18(24-28-15)21(27)25-9-7-13(8-10-25)19-16(20(22)26)11-14-5-3-4-6-17(14)23-19/h3-6,11-13H,2,7-10H2,1H3,(H2,22,26). The molecule has 0 unspecified atom stereocenters. The summed E-state index contributed by atoms with van der Waals surface area (Å²) in [6, 6.07) is 11.2. The highest BCUT2D eigenvalue weighted by atomic mass is 16.5. The highest BCUT2D eigenvalue weighted by molar-refractivity contribution is 5.98. The Morgan fingerprint density at radius 2 is 1.96 bits per heavy atom. The molecule has 2 amide bonds. The second kappa shape index (κ2) is 7.42. The number of aromatic nitrogens is 2. The number of hydrogen-bond acceptors (Lipinski definition) is 5. The van der Waals surface area contributed by atoms with E-state index in [0.717, 1.165) is 29.4 Å². The zero-order chi connectivity index (χ0) is 19.7. The van der Waals surface area contributed by atoms with Gasteiger partial charge in [-0.25, -0.2) is 0 Å². The fraction of sp³-hybridized carbons (Fsp3) is 0.333. The molecule has 28 heavy (non-hydrogen) atoms. The SMILES string of the molecule is CCc1cc(C(=O)N2CCC(c3nc4ccccc4cc3C(N)=O)CC2)no1. The van der Waals surface area contributed by atoms with E-state index in [9.17, 15) is 9.59 Å². The second-order valence-electron chi connectivity index (χ2n) is 7.08. The molecule has 1 saturated heterocycles. The number of carbonyl (C=O) groups excluding carboxylic acids is 2. The number of carbonyl (C=O) groups is 2. The molecule has 0 bridgehead atoms. The van der Waals surface area contributed by atoms with Crippen LogP contribution in [0, 0.1) is 0 Å². The average Bonchev–Trinajstić information content (AvgIpc) is 3.21. The van der Waals surface area contributed by atoms with Gasteiger partial charge in [-0.05, 0) is 25.0 Å². The lowest BCUT2D eigenvalue weighted by atomic mass is 9.89. The van der Waals surface area contributed by atoms with Crippen molar-refractivity contribution in [1.82, 2.24) is 15.0 Å². The molecule has 0 radical (unpaired) electrons. The molecule has 0 saturated carbocycles. The van der Waals surface area contributed by atoms with Gasteiger partial charge in [0.15, 0.2) is 5.69 Å². The number of benzene rings is 1. The van der Waals surface area contributed by atoms with Gasteiger partial charge in [-0.2, -0.15) is 0 Å². The van der Waals surface area contributed by atoms with Crippen LogP contribution < -0.4 is 5.73 Å². The second-order valence-corrected chi connectivity index (χ2v) is 7.08.